The first-order valence-electron chi connectivity index (χ1n) is 6.11. The Kier molecular flexibility index (Phi) is 4.68. The number of nitrogens with zero attached hydrogens (tertiary/aromatic N) is 1. The molecule has 0 aliphatic carbocycles. The van der Waals surface area contributed by atoms with Crippen molar-refractivity contribution in [2.24, 2.45) is 5.73 Å². The molecule has 0 saturated heterocycles. The minimum atomic E-state index is -0.340. The van der Waals surface area contributed by atoms with Gasteiger partial charge < -0.3 is 5.73 Å². The Labute approximate surface area is 121 Å². The number of benzene rings is 1. The summed E-state index contributed by atoms with van der Waals surface area (Å²) in [5.74, 6) is -0.668. The summed E-state index contributed by atoms with van der Waals surface area (Å²) in [7, 11) is 0. The molecule has 1 unspecified atom stereocenters. The fourth-order valence-corrected chi connectivity index (χ4v) is 2.22. The smallest absolute Gasteiger partial charge is 0.226 e. The van der Waals surface area contributed by atoms with E-state index in [0.717, 1.165) is 16.6 Å². The molecule has 2 rings (SSSR count). The molecule has 19 heavy (non-hydrogen) atoms. The Morgan fingerprint density at radius 2 is 1.95 bits per heavy atom. The number of carbonyl (C=O) groups is 1. The first-order valence-corrected chi connectivity index (χ1v) is 6.91. The summed E-state index contributed by atoms with van der Waals surface area (Å²) in [5, 5.41) is 0. The fraction of sp³-hybridized carbons (Fsp3) is 0.200. The molecule has 0 saturated carbocycles. The van der Waals surface area contributed by atoms with Gasteiger partial charge in [0.05, 0.1) is 11.6 Å². The van der Waals surface area contributed by atoms with Gasteiger partial charge in [-0.05, 0) is 46.5 Å². The van der Waals surface area contributed by atoms with Crippen LogP contribution in [-0.2, 0) is 11.2 Å². The van der Waals surface area contributed by atoms with E-state index in [0.29, 0.717) is 6.42 Å². The fourth-order valence-electron chi connectivity index (χ4n) is 1.98. The van der Waals surface area contributed by atoms with E-state index in [2.05, 4.69) is 20.9 Å². The third kappa shape index (κ3) is 3.89. The maximum atomic E-state index is 11.6. The second-order valence-corrected chi connectivity index (χ2v) is 5.30. The number of hydrogen-bond donors (Lipinski definition) is 1. The monoisotopic (exact) mass is 318 g/mol. The van der Waals surface area contributed by atoms with E-state index in [-0.39, 0.29) is 11.8 Å². The molecule has 4 heteroatoms. The van der Waals surface area contributed by atoms with Gasteiger partial charge in [-0.25, -0.2) is 0 Å². The van der Waals surface area contributed by atoms with Crippen molar-refractivity contribution >= 4 is 21.8 Å². The van der Waals surface area contributed by atoms with Crippen LogP contribution in [0, 0.1) is 0 Å². The van der Waals surface area contributed by atoms with Gasteiger partial charge in [0, 0.05) is 10.7 Å². The van der Waals surface area contributed by atoms with Crippen molar-refractivity contribution in [3.63, 3.8) is 0 Å². The number of aromatic nitrogens is 1. The first-order chi connectivity index (χ1) is 9.16. The molecule has 0 bridgehead atoms. The number of nitrogens with two attached hydrogens (primary N) is 1. The summed E-state index contributed by atoms with van der Waals surface area (Å²) in [6.07, 6.45) is 3.17. The highest BCUT2D eigenvalue weighted by Crippen LogP contribution is 2.21. The van der Waals surface area contributed by atoms with Crippen LogP contribution in [0.3, 0.4) is 0 Å². The SMILES string of the molecule is NC(=O)C(CCc1ccccc1)c1ccc(Br)cn1. The topological polar surface area (TPSA) is 56.0 Å². The number of carbonyl (C=O) groups excluding carboxylic acids is 1. The summed E-state index contributed by atoms with van der Waals surface area (Å²) in [4.78, 5) is 15.8. The molecule has 0 aliphatic heterocycles. The molecule has 0 radical (unpaired) electrons. The van der Waals surface area contributed by atoms with Crippen LogP contribution < -0.4 is 5.73 Å². The van der Waals surface area contributed by atoms with Crippen LogP contribution in [0.25, 0.3) is 0 Å². The van der Waals surface area contributed by atoms with Gasteiger partial charge in [0.2, 0.25) is 5.91 Å². The number of halogens is 1. The average molecular weight is 319 g/mol. The molecule has 0 aliphatic rings. The highest BCUT2D eigenvalue weighted by molar-refractivity contribution is 9.10. The van der Waals surface area contributed by atoms with Gasteiger partial charge in [-0.3, -0.25) is 9.78 Å². The Hall–Kier alpha value is -1.68. The highest BCUT2D eigenvalue weighted by Gasteiger charge is 2.18. The van der Waals surface area contributed by atoms with E-state index in [1.54, 1.807) is 6.20 Å². The van der Waals surface area contributed by atoms with Crippen molar-refractivity contribution in [1.29, 1.82) is 0 Å². The number of pyridine rings is 1. The second-order valence-electron chi connectivity index (χ2n) is 4.38. The maximum absolute atomic E-state index is 11.6. The van der Waals surface area contributed by atoms with Crippen LogP contribution in [0.4, 0.5) is 0 Å². The molecule has 0 spiro atoms. The standard InChI is InChI=1S/C15H15BrN2O/c16-12-7-9-14(18-10-12)13(15(17)19)8-6-11-4-2-1-3-5-11/h1-5,7,9-10,13H,6,8H2,(H2,17,19). The molecule has 2 N–H and O–H groups in total. The van der Waals surface area contributed by atoms with Crippen LogP contribution in [0.15, 0.2) is 53.1 Å². The van der Waals surface area contributed by atoms with Crippen molar-refractivity contribution in [2.75, 3.05) is 0 Å². The zero-order valence-electron chi connectivity index (χ0n) is 10.4. The van der Waals surface area contributed by atoms with E-state index in [1.807, 2.05) is 42.5 Å². The highest BCUT2D eigenvalue weighted by atomic mass is 79.9. The second kappa shape index (κ2) is 6.48. The van der Waals surface area contributed by atoms with Crippen LogP contribution in [0.5, 0.6) is 0 Å². The summed E-state index contributed by atoms with van der Waals surface area (Å²) in [6, 6.07) is 13.8. The van der Waals surface area contributed by atoms with Gasteiger partial charge in [-0.1, -0.05) is 30.3 Å². The lowest BCUT2D eigenvalue weighted by Crippen LogP contribution is -2.22. The summed E-state index contributed by atoms with van der Waals surface area (Å²) < 4.78 is 0.891. The van der Waals surface area contributed by atoms with Crippen LogP contribution in [0.1, 0.15) is 23.6 Å². The Balaban J connectivity index is 2.09. The summed E-state index contributed by atoms with van der Waals surface area (Å²) in [6.45, 7) is 0. The van der Waals surface area contributed by atoms with Crippen LogP contribution in [-0.4, -0.2) is 10.9 Å². The molecular formula is C15H15BrN2O. The third-order valence-corrected chi connectivity index (χ3v) is 3.48. The lowest BCUT2D eigenvalue weighted by molar-refractivity contribution is -0.119. The quantitative estimate of drug-likeness (QED) is 0.921. The zero-order chi connectivity index (χ0) is 13.7. The minimum Gasteiger partial charge on any atom is -0.369 e. The molecule has 1 amide bonds. The molecule has 1 heterocycles. The first kappa shape index (κ1) is 13.7. The van der Waals surface area contributed by atoms with Gasteiger partial charge in [0.25, 0.3) is 0 Å². The predicted octanol–water partition coefficient (Wildman–Crippen LogP) is 3.05. The Bertz CT molecular complexity index is 540. The van der Waals surface area contributed by atoms with E-state index >= 15 is 0 Å². The van der Waals surface area contributed by atoms with Gasteiger partial charge >= 0.3 is 0 Å². The maximum Gasteiger partial charge on any atom is 0.226 e. The molecule has 2 aromatic rings. The lowest BCUT2D eigenvalue weighted by Gasteiger charge is -2.12. The largest absolute Gasteiger partial charge is 0.369 e. The molecule has 0 fully saturated rings. The summed E-state index contributed by atoms with van der Waals surface area (Å²) >= 11 is 3.33. The van der Waals surface area contributed by atoms with Crippen molar-refractivity contribution in [3.05, 3.63) is 64.4 Å². The van der Waals surface area contributed by atoms with Crippen LogP contribution >= 0.6 is 15.9 Å². The molecular weight excluding hydrogens is 304 g/mol. The van der Waals surface area contributed by atoms with Crippen molar-refractivity contribution in [2.45, 2.75) is 18.8 Å². The number of primary amides is 1. The average Bonchev–Trinajstić information content (AvgIpc) is 2.42. The number of rotatable bonds is 5. The normalized spacial score (nSPS) is 12.1. The third-order valence-electron chi connectivity index (χ3n) is 3.02. The Morgan fingerprint density at radius 1 is 1.21 bits per heavy atom. The number of aryl methyl sites for hydroxylation is 1. The van der Waals surface area contributed by atoms with E-state index in [9.17, 15) is 4.79 Å². The number of amides is 1. The lowest BCUT2D eigenvalue weighted by atomic mass is 9.95. The summed E-state index contributed by atoms with van der Waals surface area (Å²) in [5.41, 5.74) is 7.41. The van der Waals surface area contributed by atoms with E-state index < -0.39 is 0 Å². The zero-order valence-corrected chi connectivity index (χ0v) is 12.0. The van der Waals surface area contributed by atoms with Gasteiger partial charge in [-0.2, -0.15) is 0 Å². The molecule has 98 valence electrons. The molecule has 3 nitrogen and oxygen atoms in total. The number of hydrogen-bond acceptors (Lipinski definition) is 2. The molecule has 1 aromatic carbocycles. The van der Waals surface area contributed by atoms with Gasteiger partial charge in [0.1, 0.15) is 0 Å². The van der Waals surface area contributed by atoms with Gasteiger partial charge in [-0.15, -0.1) is 0 Å². The Morgan fingerprint density at radius 3 is 2.53 bits per heavy atom. The van der Waals surface area contributed by atoms with E-state index in [1.165, 1.54) is 5.56 Å². The molecule has 1 atom stereocenters. The van der Waals surface area contributed by atoms with Crippen molar-refractivity contribution < 1.29 is 4.79 Å². The predicted molar refractivity (Wildman–Crippen MR) is 78.6 cm³/mol. The van der Waals surface area contributed by atoms with Crippen molar-refractivity contribution in [3.8, 4) is 0 Å². The van der Waals surface area contributed by atoms with E-state index in [4.69, 9.17) is 5.73 Å². The minimum absolute atomic E-state index is 0.328. The van der Waals surface area contributed by atoms with Gasteiger partial charge in [0.15, 0.2) is 0 Å². The molecule has 1 aromatic heterocycles. The van der Waals surface area contributed by atoms with Crippen molar-refractivity contribution in [1.82, 2.24) is 4.98 Å². The van der Waals surface area contributed by atoms with Crippen LogP contribution in [0.2, 0.25) is 0 Å².